The predicted molar refractivity (Wildman–Crippen MR) is 110 cm³/mol. The molecular weight excluding hydrogens is 371 g/mol. The van der Waals surface area contributed by atoms with Crippen LogP contribution in [0, 0.1) is 5.82 Å². The molecule has 1 fully saturated rings. The Morgan fingerprint density at radius 2 is 1.66 bits per heavy atom. The van der Waals surface area contributed by atoms with Gasteiger partial charge in [-0.05, 0) is 23.3 Å². The van der Waals surface area contributed by atoms with E-state index < -0.39 is 5.97 Å². The fourth-order valence-corrected chi connectivity index (χ4v) is 3.60. The van der Waals surface area contributed by atoms with Gasteiger partial charge in [0.05, 0.1) is 12.6 Å². The number of aliphatic carboxylic acids is 1. The van der Waals surface area contributed by atoms with Crippen molar-refractivity contribution in [1.29, 1.82) is 0 Å². The minimum atomic E-state index is -0.955. The standard InChI is InChI=1S/C23H27FN2O3/c24-21-10-8-20(9-11-21)23(19-6-2-1-3-7-19)26-15-13-25(14-16-26)12-4-5-17-29-18-22(27)28/h1-11,23H,12-18H2,(H,27,28). The summed E-state index contributed by atoms with van der Waals surface area (Å²) in [5, 5.41) is 8.54. The summed E-state index contributed by atoms with van der Waals surface area (Å²) in [6, 6.07) is 17.3. The quantitative estimate of drug-likeness (QED) is 0.519. The van der Waals surface area contributed by atoms with E-state index in [0.717, 1.165) is 38.3 Å². The van der Waals surface area contributed by atoms with Gasteiger partial charge in [0, 0.05) is 32.7 Å². The molecule has 0 radical (unpaired) electrons. The zero-order valence-corrected chi connectivity index (χ0v) is 16.4. The maximum Gasteiger partial charge on any atom is 0.329 e. The minimum Gasteiger partial charge on any atom is -0.480 e. The van der Waals surface area contributed by atoms with E-state index in [2.05, 4.69) is 21.9 Å². The van der Waals surface area contributed by atoms with Crippen molar-refractivity contribution in [3.05, 3.63) is 83.7 Å². The smallest absolute Gasteiger partial charge is 0.329 e. The van der Waals surface area contributed by atoms with Crippen molar-refractivity contribution < 1.29 is 19.0 Å². The topological polar surface area (TPSA) is 53.0 Å². The Labute approximate surface area is 171 Å². The summed E-state index contributed by atoms with van der Waals surface area (Å²) in [5.74, 6) is -1.17. The highest BCUT2D eigenvalue weighted by molar-refractivity contribution is 5.68. The molecule has 2 aromatic rings. The number of carbonyl (C=O) groups is 1. The highest BCUT2D eigenvalue weighted by Gasteiger charge is 2.26. The first kappa shape index (κ1) is 21.2. The Kier molecular flexibility index (Phi) is 7.93. The van der Waals surface area contributed by atoms with Crippen LogP contribution in [-0.2, 0) is 9.53 Å². The number of rotatable bonds is 9. The lowest BCUT2D eigenvalue weighted by molar-refractivity contribution is -0.141. The van der Waals surface area contributed by atoms with Gasteiger partial charge in [-0.15, -0.1) is 0 Å². The minimum absolute atomic E-state index is 0.110. The number of hydrogen-bond acceptors (Lipinski definition) is 4. The average molecular weight is 398 g/mol. The van der Waals surface area contributed by atoms with E-state index >= 15 is 0 Å². The average Bonchev–Trinajstić information content (AvgIpc) is 2.74. The highest BCUT2D eigenvalue weighted by Crippen LogP contribution is 2.29. The number of carboxylic acids is 1. The zero-order valence-electron chi connectivity index (χ0n) is 16.4. The second-order valence-electron chi connectivity index (χ2n) is 7.08. The molecule has 0 amide bonds. The number of benzene rings is 2. The van der Waals surface area contributed by atoms with Crippen molar-refractivity contribution >= 4 is 5.97 Å². The van der Waals surface area contributed by atoms with E-state index in [1.165, 1.54) is 17.7 Å². The van der Waals surface area contributed by atoms with Gasteiger partial charge in [0.2, 0.25) is 0 Å². The molecule has 2 aromatic carbocycles. The van der Waals surface area contributed by atoms with E-state index in [4.69, 9.17) is 9.84 Å². The van der Waals surface area contributed by atoms with Gasteiger partial charge in [0.15, 0.2) is 0 Å². The zero-order chi connectivity index (χ0) is 20.5. The molecule has 1 unspecified atom stereocenters. The number of hydrogen-bond donors (Lipinski definition) is 1. The molecule has 0 spiro atoms. The Morgan fingerprint density at radius 1 is 1.00 bits per heavy atom. The van der Waals surface area contributed by atoms with Gasteiger partial charge in [-0.2, -0.15) is 0 Å². The number of piperazine rings is 1. The van der Waals surface area contributed by atoms with Crippen LogP contribution in [0.15, 0.2) is 66.7 Å². The second-order valence-corrected chi connectivity index (χ2v) is 7.08. The highest BCUT2D eigenvalue weighted by atomic mass is 19.1. The van der Waals surface area contributed by atoms with Crippen LogP contribution in [0.2, 0.25) is 0 Å². The molecule has 1 N–H and O–H groups in total. The number of ether oxygens (including phenoxy) is 1. The fourth-order valence-electron chi connectivity index (χ4n) is 3.60. The summed E-state index contributed by atoms with van der Waals surface area (Å²) in [6.45, 7) is 4.56. The van der Waals surface area contributed by atoms with Gasteiger partial charge in [-0.3, -0.25) is 9.80 Å². The van der Waals surface area contributed by atoms with Gasteiger partial charge in [-0.25, -0.2) is 9.18 Å². The molecule has 5 nitrogen and oxygen atoms in total. The summed E-state index contributed by atoms with van der Waals surface area (Å²) in [5.41, 5.74) is 2.31. The lowest BCUT2D eigenvalue weighted by atomic mass is 9.96. The summed E-state index contributed by atoms with van der Waals surface area (Å²) >= 11 is 0. The Morgan fingerprint density at radius 3 is 2.31 bits per heavy atom. The van der Waals surface area contributed by atoms with Crippen molar-refractivity contribution in [3.8, 4) is 0 Å². The van der Waals surface area contributed by atoms with Crippen LogP contribution < -0.4 is 0 Å². The molecule has 154 valence electrons. The Hall–Kier alpha value is -2.54. The third-order valence-corrected chi connectivity index (χ3v) is 5.04. The largest absolute Gasteiger partial charge is 0.480 e. The van der Waals surface area contributed by atoms with Crippen LogP contribution in [0.5, 0.6) is 0 Å². The molecule has 1 aliphatic rings. The van der Waals surface area contributed by atoms with Crippen molar-refractivity contribution in [3.63, 3.8) is 0 Å². The van der Waals surface area contributed by atoms with Crippen LogP contribution in [0.1, 0.15) is 17.2 Å². The molecule has 0 saturated carbocycles. The van der Waals surface area contributed by atoms with Gasteiger partial charge in [0.25, 0.3) is 0 Å². The molecule has 6 heteroatoms. The summed E-state index contributed by atoms with van der Waals surface area (Å²) in [6.07, 6.45) is 3.88. The first-order chi connectivity index (χ1) is 14.1. The summed E-state index contributed by atoms with van der Waals surface area (Å²) in [4.78, 5) is 15.2. The number of carboxylic acid groups (broad SMARTS) is 1. The molecule has 1 saturated heterocycles. The van der Waals surface area contributed by atoms with Gasteiger partial charge < -0.3 is 9.84 Å². The molecule has 0 aromatic heterocycles. The first-order valence-electron chi connectivity index (χ1n) is 9.85. The van der Waals surface area contributed by atoms with Crippen molar-refractivity contribution in [2.45, 2.75) is 6.04 Å². The van der Waals surface area contributed by atoms with E-state index in [1.807, 2.05) is 42.5 Å². The normalized spacial score (nSPS) is 16.9. The molecule has 1 heterocycles. The lowest BCUT2D eigenvalue weighted by Gasteiger charge is -2.39. The van der Waals surface area contributed by atoms with Crippen LogP contribution in [-0.4, -0.2) is 66.8 Å². The van der Waals surface area contributed by atoms with Crippen LogP contribution in [0.25, 0.3) is 0 Å². The number of halogens is 1. The first-order valence-corrected chi connectivity index (χ1v) is 9.85. The van der Waals surface area contributed by atoms with Gasteiger partial charge >= 0.3 is 5.97 Å². The Bertz CT molecular complexity index is 788. The fraction of sp³-hybridized carbons (Fsp3) is 0.348. The second kappa shape index (κ2) is 10.9. The summed E-state index contributed by atoms with van der Waals surface area (Å²) in [7, 11) is 0. The molecular formula is C23H27FN2O3. The van der Waals surface area contributed by atoms with E-state index in [1.54, 1.807) is 0 Å². The van der Waals surface area contributed by atoms with Crippen LogP contribution in [0.4, 0.5) is 4.39 Å². The third-order valence-electron chi connectivity index (χ3n) is 5.04. The van der Waals surface area contributed by atoms with Crippen molar-refractivity contribution in [2.75, 3.05) is 45.9 Å². The van der Waals surface area contributed by atoms with Gasteiger partial charge in [-0.1, -0.05) is 54.6 Å². The number of nitrogens with zero attached hydrogens (tertiary/aromatic N) is 2. The lowest BCUT2D eigenvalue weighted by Crippen LogP contribution is -2.47. The predicted octanol–water partition coefficient (Wildman–Crippen LogP) is 3.19. The maximum absolute atomic E-state index is 13.4. The third kappa shape index (κ3) is 6.49. The molecule has 0 bridgehead atoms. The summed E-state index contributed by atoms with van der Waals surface area (Å²) < 4.78 is 18.4. The van der Waals surface area contributed by atoms with Crippen LogP contribution in [0.3, 0.4) is 0 Å². The maximum atomic E-state index is 13.4. The van der Waals surface area contributed by atoms with E-state index in [9.17, 15) is 9.18 Å². The molecule has 1 aliphatic heterocycles. The SMILES string of the molecule is O=C(O)COCC=CCN1CCN(C(c2ccccc2)c2ccc(F)cc2)CC1. The Balaban J connectivity index is 1.57. The molecule has 0 aliphatic carbocycles. The van der Waals surface area contributed by atoms with Crippen molar-refractivity contribution in [2.24, 2.45) is 0 Å². The monoisotopic (exact) mass is 398 g/mol. The van der Waals surface area contributed by atoms with Crippen LogP contribution >= 0.6 is 0 Å². The molecule has 3 rings (SSSR count). The van der Waals surface area contributed by atoms with Gasteiger partial charge in [0.1, 0.15) is 12.4 Å². The van der Waals surface area contributed by atoms with E-state index in [-0.39, 0.29) is 18.5 Å². The van der Waals surface area contributed by atoms with Crippen molar-refractivity contribution in [1.82, 2.24) is 9.80 Å². The molecule has 1 atom stereocenters. The molecule has 29 heavy (non-hydrogen) atoms. The van der Waals surface area contributed by atoms with E-state index in [0.29, 0.717) is 6.61 Å².